The predicted molar refractivity (Wildman–Crippen MR) is 64.7 cm³/mol. The molecule has 0 aliphatic carbocycles. The molecule has 0 spiro atoms. The number of hydrogen-bond acceptors (Lipinski definition) is 2. The monoisotopic (exact) mass is 208 g/mol. The lowest BCUT2D eigenvalue weighted by molar-refractivity contribution is -0.126. The second-order valence-electron chi connectivity index (χ2n) is 3.63. The molecule has 0 unspecified atom stereocenters. The van der Waals surface area contributed by atoms with E-state index in [0.717, 1.165) is 0 Å². The molecule has 0 aliphatic heterocycles. The minimum absolute atomic E-state index is 0.0384. The van der Waals surface area contributed by atoms with E-state index in [0.29, 0.717) is 25.2 Å². The maximum absolute atomic E-state index is 11.9. The summed E-state index contributed by atoms with van der Waals surface area (Å²) in [5.41, 5.74) is 0.587. The fourth-order valence-corrected chi connectivity index (χ4v) is 1.22. The molecule has 0 aromatic carbocycles. The SMILES string of the molecule is C=CCN(CC=C)C(=O)C(=C)CN(C)C. The molecule has 0 saturated heterocycles. The first kappa shape index (κ1) is 13.7. The number of carbonyl (C=O) groups excluding carboxylic acids is 1. The van der Waals surface area contributed by atoms with Gasteiger partial charge in [-0.1, -0.05) is 18.7 Å². The molecule has 0 N–H and O–H groups in total. The Morgan fingerprint density at radius 3 is 2.00 bits per heavy atom. The molecule has 0 saturated carbocycles. The Labute approximate surface area is 92.4 Å². The molecule has 0 aromatic heterocycles. The Kier molecular flexibility index (Phi) is 6.38. The minimum atomic E-state index is -0.0384. The molecular formula is C12H20N2O. The predicted octanol–water partition coefficient (Wildman–Crippen LogP) is 1.30. The Hall–Kier alpha value is -1.35. The molecular weight excluding hydrogens is 188 g/mol. The van der Waals surface area contributed by atoms with Gasteiger partial charge in [0.15, 0.2) is 0 Å². The van der Waals surface area contributed by atoms with Gasteiger partial charge in [0.05, 0.1) is 0 Å². The Bertz CT molecular complexity index is 246. The lowest BCUT2D eigenvalue weighted by Crippen LogP contribution is -2.34. The van der Waals surface area contributed by atoms with Crippen molar-refractivity contribution in [2.24, 2.45) is 0 Å². The topological polar surface area (TPSA) is 23.6 Å². The molecule has 0 aromatic rings. The van der Waals surface area contributed by atoms with Crippen molar-refractivity contribution in [1.82, 2.24) is 9.80 Å². The van der Waals surface area contributed by atoms with Crippen LogP contribution in [0.5, 0.6) is 0 Å². The van der Waals surface area contributed by atoms with Crippen LogP contribution in [-0.4, -0.2) is 49.4 Å². The van der Waals surface area contributed by atoms with Gasteiger partial charge in [0.25, 0.3) is 5.91 Å². The highest BCUT2D eigenvalue weighted by molar-refractivity contribution is 5.93. The molecule has 0 aliphatic rings. The van der Waals surface area contributed by atoms with Gasteiger partial charge < -0.3 is 9.80 Å². The number of rotatable bonds is 7. The summed E-state index contributed by atoms with van der Waals surface area (Å²) in [5.74, 6) is -0.0384. The smallest absolute Gasteiger partial charge is 0.251 e. The highest BCUT2D eigenvalue weighted by Crippen LogP contribution is 2.01. The second-order valence-corrected chi connectivity index (χ2v) is 3.63. The van der Waals surface area contributed by atoms with E-state index < -0.39 is 0 Å². The summed E-state index contributed by atoms with van der Waals surface area (Å²) in [6.07, 6.45) is 3.40. The lowest BCUT2D eigenvalue weighted by Gasteiger charge is -2.21. The first-order valence-electron chi connectivity index (χ1n) is 4.86. The average molecular weight is 208 g/mol. The quantitative estimate of drug-likeness (QED) is 0.465. The van der Waals surface area contributed by atoms with Gasteiger partial charge in [0.2, 0.25) is 0 Å². The van der Waals surface area contributed by atoms with Crippen LogP contribution in [0.25, 0.3) is 0 Å². The summed E-state index contributed by atoms with van der Waals surface area (Å²) in [7, 11) is 3.81. The van der Waals surface area contributed by atoms with Crippen LogP contribution in [0.2, 0.25) is 0 Å². The minimum Gasteiger partial charge on any atom is -0.331 e. The Morgan fingerprint density at radius 1 is 1.20 bits per heavy atom. The van der Waals surface area contributed by atoms with Crippen LogP contribution in [0.15, 0.2) is 37.5 Å². The third kappa shape index (κ3) is 5.18. The highest BCUT2D eigenvalue weighted by atomic mass is 16.2. The molecule has 0 heterocycles. The van der Waals surface area contributed by atoms with Crippen LogP contribution in [0.1, 0.15) is 0 Å². The van der Waals surface area contributed by atoms with Crippen molar-refractivity contribution in [3.63, 3.8) is 0 Å². The van der Waals surface area contributed by atoms with E-state index in [9.17, 15) is 4.79 Å². The van der Waals surface area contributed by atoms with Crippen molar-refractivity contribution in [3.05, 3.63) is 37.5 Å². The molecule has 3 nitrogen and oxygen atoms in total. The van der Waals surface area contributed by atoms with Gasteiger partial charge in [0.1, 0.15) is 0 Å². The van der Waals surface area contributed by atoms with E-state index in [1.807, 2.05) is 19.0 Å². The van der Waals surface area contributed by atoms with Gasteiger partial charge >= 0.3 is 0 Å². The van der Waals surface area contributed by atoms with Crippen molar-refractivity contribution in [2.45, 2.75) is 0 Å². The maximum atomic E-state index is 11.9. The molecule has 0 bridgehead atoms. The van der Waals surface area contributed by atoms with Crippen LogP contribution in [0, 0.1) is 0 Å². The number of hydrogen-bond donors (Lipinski definition) is 0. The third-order valence-corrected chi connectivity index (χ3v) is 1.80. The first-order chi connectivity index (χ1) is 7.02. The number of amides is 1. The zero-order chi connectivity index (χ0) is 11.8. The number of nitrogens with zero attached hydrogens (tertiary/aromatic N) is 2. The van der Waals surface area contributed by atoms with Crippen molar-refractivity contribution in [1.29, 1.82) is 0 Å². The summed E-state index contributed by atoms with van der Waals surface area (Å²) >= 11 is 0. The van der Waals surface area contributed by atoms with E-state index in [-0.39, 0.29) is 5.91 Å². The normalized spacial score (nSPS) is 9.80. The van der Waals surface area contributed by atoms with Gasteiger partial charge in [-0.25, -0.2) is 0 Å². The molecule has 15 heavy (non-hydrogen) atoms. The second kappa shape index (κ2) is 7.01. The van der Waals surface area contributed by atoms with Crippen molar-refractivity contribution in [2.75, 3.05) is 33.7 Å². The van der Waals surface area contributed by atoms with Crippen LogP contribution in [-0.2, 0) is 4.79 Å². The molecule has 0 atom stereocenters. The van der Waals surface area contributed by atoms with Gasteiger partial charge in [-0.05, 0) is 14.1 Å². The summed E-state index contributed by atoms with van der Waals surface area (Å²) in [5, 5.41) is 0. The summed E-state index contributed by atoms with van der Waals surface area (Å²) in [4.78, 5) is 15.4. The summed E-state index contributed by atoms with van der Waals surface area (Å²) in [6.45, 7) is 12.6. The Balaban J connectivity index is 4.40. The van der Waals surface area contributed by atoms with Crippen LogP contribution in [0.4, 0.5) is 0 Å². The van der Waals surface area contributed by atoms with Gasteiger partial charge in [-0.2, -0.15) is 0 Å². The van der Waals surface area contributed by atoms with E-state index >= 15 is 0 Å². The largest absolute Gasteiger partial charge is 0.331 e. The maximum Gasteiger partial charge on any atom is 0.251 e. The fourth-order valence-electron chi connectivity index (χ4n) is 1.22. The third-order valence-electron chi connectivity index (χ3n) is 1.80. The van der Waals surface area contributed by atoms with Gasteiger partial charge in [-0.3, -0.25) is 4.79 Å². The van der Waals surface area contributed by atoms with E-state index in [2.05, 4.69) is 19.7 Å². The molecule has 0 radical (unpaired) electrons. The van der Waals surface area contributed by atoms with Gasteiger partial charge in [0, 0.05) is 25.2 Å². The van der Waals surface area contributed by atoms with Gasteiger partial charge in [-0.15, -0.1) is 13.2 Å². The summed E-state index contributed by atoms with van der Waals surface area (Å²) < 4.78 is 0. The van der Waals surface area contributed by atoms with Crippen molar-refractivity contribution in [3.8, 4) is 0 Å². The van der Waals surface area contributed by atoms with E-state index in [1.165, 1.54) is 0 Å². The van der Waals surface area contributed by atoms with Crippen LogP contribution < -0.4 is 0 Å². The highest BCUT2D eigenvalue weighted by Gasteiger charge is 2.14. The average Bonchev–Trinajstić information content (AvgIpc) is 2.15. The van der Waals surface area contributed by atoms with Crippen molar-refractivity contribution < 1.29 is 4.79 Å². The van der Waals surface area contributed by atoms with Crippen molar-refractivity contribution >= 4 is 5.91 Å². The zero-order valence-corrected chi connectivity index (χ0v) is 9.70. The standard InChI is InChI=1S/C12H20N2O/c1-6-8-14(9-7-2)12(15)11(3)10-13(4)5/h6-7H,1-3,8-10H2,4-5H3. The van der Waals surface area contributed by atoms with E-state index in [4.69, 9.17) is 0 Å². The van der Waals surface area contributed by atoms with E-state index in [1.54, 1.807) is 17.1 Å². The molecule has 3 heteroatoms. The first-order valence-corrected chi connectivity index (χ1v) is 4.86. The molecule has 0 rings (SSSR count). The number of likely N-dealkylation sites (N-methyl/N-ethyl adjacent to an activating group) is 1. The molecule has 84 valence electrons. The molecule has 1 amide bonds. The molecule has 0 fully saturated rings. The Morgan fingerprint density at radius 2 is 1.67 bits per heavy atom. The number of carbonyl (C=O) groups is 1. The zero-order valence-electron chi connectivity index (χ0n) is 9.70. The fraction of sp³-hybridized carbons (Fsp3) is 0.417. The van der Waals surface area contributed by atoms with Crippen LogP contribution in [0.3, 0.4) is 0 Å². The summed E-state index contributed by atoms with van der Waals surface area (Å²) in [6, 6.07) is 0. The van der Waals surface area contributed by atoms with Crippen LogP contribution >= 0.6 is 0 Å². The lowest BCUT2D eigenvalue weighted by atomic mass is 10.2.